The van der Waals surface area contributed by atoms with Gasteiger partial charge < -0.3 is 14.5 Å². The first kappa shape index (κ1) is 14.0. The van der Waals surface area contributed by atoms with Gasteiger partial charge in [-0.05, 0) is 40.3 Å². The number of likely N-dealkylation sites (tertiary alicyclic amines) is 1. The van der Waals surface area contributed by atoms with Gasteiger partial charge in [0.2, 0.25) is 5.91 Å². The van der Waals surface area contributed by atoms with Crippen molar-refractivity contribution in [1.29, 1.82) is 0 Å². The molecule has 0 spiro atoms. The molecule has 0 radical (unpaired) electrons. The molecule has 0 bridgehead atoms. The summed E-state index contributed by atoms with van der Waals surface area (Å²) in [6, 6.07) is -0.379. The second-order valence-electron chi connectivity index (χ2n) is 4.59. The van der Waals surface area contributed by atoms with Crippen molar-refractivity contribution in [3.05, 3.63) is 0 Å². The smallest absolute Gasteiger partial charge is 0.328 e. The number of amides is 1. The topological polar surface area (TPSA) is 49.9 Å². The lowest BCUT2D eigenvalue weighted by Crippen LogP contribution is -2.51. The number of ether oxygens (including phenoxy) is 1. The van der Waals surface area contributed by atoms with Gasteiger partial charge in [-0.1, -0.05) is 0 Å². The van der Waals surface area contributed by atoms with E-state index < -0.39 is 0 Å². The number of carbonyl (C=O) groups excluding carboxylic acids is 2. The van der Waals surface area contributed by atoms with Gasteiger partial charge in [0.15, 0.2) is 0 Å². The molecule has 0 N–H and O–H groups in total. The van der Waals surface area contributed by atoms with E-state index in [4.69, 9.17) is 4.74 Å². The number of hydrogen-bond donors (Lipinski definition) is 0. The fourth-order valence-electron chi connectivity index (χ4n) is 2.07. The van der Waals surface area contributed by atoms with Crippen molar-refractivity contribution in [1.82, 2.24) is 9.80 Å². The average Bonchev–Trinajstić information content (AvgIpc) is 2.28. The van der Waals surface area contributed by atoms with Crippen LogP contribution in [-0.4, -0.2) is 61.5 Å². The van der Waals surface area contributed by atoms with Gasteiger partial charge in [-0.25, -0.2) is 4.79 Å². The van der Waals surface area contributed by atoms with Crippen molar-refractivity contribution in [3.8, 4) is 0 Å². The Kier molecular flexibility index (Phi) is 5.41. The predicted molar refractivity (Wildman–Crippen MR) is 64.5 cm³/mol. The van der Waals surface area contributed by atoms with Crippen molar-refractivity contribution < 1.29 is 14.3 Å². The quantitative estimate of drug-likeness (QED) is 0.673. The molecule has 0 aromatic heterocycles. The predicted octanol–water partition coefficient (Wildman–Crippen LogP) is 0.492. The first-order valence-electron chi connectivity index (χ1n) is 6.17. The third-order valence-electron chi connectivity index (χ3n) is 2.83. The van der Waals surface area contributed by atoms with Crippen LogP contribution in [-0.2, 0) is 14.3 Å². The second kappa shape index (κ2) is 6.59. The Morgan fingerprint density at radius 3 is 2.65 bits per heavy atom. The Morgan fingerprint density at radius 1 is 1.35 bits per heavy atom. The van der Waals surface area contributed by atoms with Gasteiger partial charge in [-0.3, -0.25) is 4.79 Å². The largest absolute Gasteiger partial charge is 0.464 e. The number of piperidine rings is 1. The lowest BCUT2D eigenvalue weighted by atomic mass is 10.0. The van der Waals surface area contributed by atoms with Crippen molar-refractivity contribution >= 4 is 11.9 Å². The third-order valence-corrected chi connectivity index (χ3v) is 2.83. The second-order valence-corrected chi connectivity index (χ2v) is 4.59. The lowest BCUT2D eigenvalue weighted by molar-refractivity contribution is -0.156. The maximum Gasteiger partial charge on any atom is 0.328 e. The van der Waals surface area contributed by atoms with E-state index in [-0.39, 0.29) is 17.9 Å². The summed E-state index contributed by atoms with van der Waals surface area (Å²) in [6.07, 6.45) is 2.67. The van der Waals surface area contributed by atoms with Crippen molar-refractivity contribution in [2.75, 3.05) is 33.8 Å². The molecule has 98 valence electrons. The summed E-state index contributed by atoms with van der Waals surface area (Å²) in [5.74, 6) is -0.257. The van der Waals surface area contributed by atoms with Crippen LogP contribution in [0, 0.1) is 0 Å². The van der Waals surface area contributed by atoms with Gasteiger partial charge in [-0.15, -0.1) is 0 Å². The molecule has 1 amide bonds. The van der Waals surface area contributed by atoms with Crippen LogP contribution in [0.25, 0.3) is 0 Å². The molecule has 1 heterocycles. The zero-order chi connectivity index (χ0) is 12.8. The minimum absolute atomic E-state index is 0.00718. The number of likely N-dealkylation sites (N-methyl/N-ethyl adjacent to an activating group) is 1. The minimum atomic E-state index is -0.379. The summed E-state index contributed by atoms with van der Waals surface area (Å²) in [6.45, 7) is 3.16. The number of carbonyl (C=O) groups is 2. The SMILES string of the molecule is CCOC(=O)C1CCCCN1C(=O)CN(C)C. The number of rotatable bonds is 4. The number of hydrogen-bond acceptors (Lipinski definition) is 4. The van der Waals surface area contributed by atoms with Gasteiger partial charge in [0.05, 0.1) is 13.2 Å². The first-order valence-corrected chi connectivity index (χ1v) is 6.17. The summed E-state index contributed by atoms with van der Waals surface area (Å²) in [4.78, 5) is 27.3. The van der Waals surface area contributed by atoms with E-state index >= 15 is 0 Å². The molecular formula is C12H22N2O3. The molecule has 0 aromatic carbocycles. The zero-order valence-electron chi connectivity index (χ0n) is 10.9. The molecule has 1 aliphatic heterocycles. The Morgan fingerprint density at radius 2 is 2.06 bits per heavy atom. The Bertz CT molecular complexity index is 279. The van der Waals surface area contributed by atoms with Gasteiger partial charge in [-0.2, -0.15) is 0 Å². The van der Waals surface area contributed by atoms with Gasteiger partial charge in [0.25, 0.3) is 0 Å². The van der Waals surface area contributed by atoms with Crippen LogP contribution >= 0.6 is 0 Å². The van der Waals surface area contributed by atoms with Gasteiger partial charge in [0.1, 0.15) is 6.04 Å². The summed E-state index contributed by atoms with van der Waals surface area (Å²) < 4.78 is 5.02. The fraction of sp³-hybridized carbons (Fsp3) is 0.833. The van der Waals surface area contributed by atoms with E-state index in [1.807, 2.05) is 19.0 Å². The third kappa shape index (κ3) is 4.00. The lowest BCUT2D eigenvalue weighted by Gasteiger charge is -2.34. The van der Waals surface area contributed by atoms with Crippen molar-refractivity contribution in [2.24, 2.45) is 0 Å². The van der Waals surface area contributed by atoms with Crippen LogP contribution in [0.5, 0.6) is 0 Å². The van der Waals surface area contributed by atoms with E-state index in [9.17, 15) is 9.59 Å². The molecule has 0 saturated carbocycles. The molecule has 1 fully saturated rings. The molecule has 17 heavy (non-hydrogen) atoms. The van der Waals surface area contributed by atoms with E-state index in [0.29, 0.717) is 19.7 Å². The van der Waals surface area contributed by atoms with Crippen LogP contribution in [0.2, 0.25) is 0 Å². The first-order chi connectivity index (χ1) is 8.06. The highest BCUT2D eigenvalue weighted by Gasteiger charge is 2.32. The van der Waals surface area contributed by atoms with Crippen molar-refractivity contribution in [2.45, 2.75) is 32.2 Å². The van der Waals surface area contributed by atoms with E-state index in [1.54, 1.807) is 11.8 Å². The van der Waals surface area contributed by atoms with Crippen LogP contribution in [0.1, 0.15) is 26.2 Å². The molecule has 1 aliphatic rings. The fourth-order valence-corrected chi connectivity index (χ4v) is 2.07. The number of nitrogens with zero attached hydrogens (tertiary/aromatic N) is 2. The molecule has 1 rings (SSSR count). The molecule has 0 aliphatic carbocycles. The zero-order valence-corrected chi connectivity index (χ0v) is 10.9. The molecule has 1 unspecified atom stereocenters. The van der Waals surface area contributed by atoms with Crippen LogP contribution < -0.4 is 0 Å². The summed E-state index contributed by atoms with van der Waals surface area (Å²) >= 11 is 0. The molecule has 1 saturated heterocycles. The van der Waals surface area contributed by atoms with Gasteiger partial charge in [0, 0.05) is 6.54 Å². The molecule has 5 nitrogen and oxygen atoms in total. The van der Waals surface area contributed by atoms with E-state index in [2.05, 4.69) is 0 Å². The highest BCUT2D eigenvalue weighted by atomic mass is 16.5. The van der Waals surface area contributed by atoms with Gasteiger partial charge >= 0.3 is 5.97 Å². The van der Waals surface area contributed by atoms with Crippen LogP contribution in [0.4, 0.5) is 0 Å². The molecule has 0 aromatic rings. The maximum atomic E-state index is 12.0. The van der Waals surface area contributed by atoms with Crippen LogP contribution in [0.15, 0.2) is 0 Å². The molecule has 1 atom stereocenters. The molecule has 5 heteroatoms. The minimum Gasteiger partial charge on any atom is -0.464 e. The van der Waals surface area contributed by atoms with Crippen LogP contribution in [0.3, 0.4) is 0 Å². The summed E-state index contributed by atoms with van der Waals surface area (Å²) in [7, 11) is 3.70. The average molecular weight is 242 g/mol. The Hall–Kier alpha value is -1.10. The summed E-state index contributed by atoms with van der Waals surface area (Å²) in [5, 5.41) is 0. The summed E-state index contributed by atoms with van der Waals surface area (Å²) in [5.41, 5.74) is 0. The standard InChI is InChI=1S/C12H22N2O3/c1-4-17-12(16)10-7-5-6-8-14(10)11(15)9-13(2)3/h10H,4-9H2,1-3H3. The Labute approximate surface area is 103 Å². The Balaban J connectivity index is 2.65. The normalized spacial score (nSPS) is 20.5. The molecular weight excluding hydrogens is 220 g/mol. The monoisotopic (exact) mass is 242 g/mol. The van der Waals surface area contributed by atoms with Crippen molar-refractivity contribution in [3.63, 3.8) is 0 Å². The van der Waals surface area contributed by atoms with E-state index in [1.165, 1.54) is 0 Å². The highest BCUT2D eigenvalue weighted by Crippen LogP contribution is 2.18. The number of esters is 1. The maximum absolute atomic E-state index is 12.0. The highest BCUT2D eigenvalue weighted by molar-refractivity contribution is 5.85. The van der Waals surface area contributed by atoms with E-state index in [0.717, 1.165) is 19.3 Å².